The molecule has 1 N–H and O–H groups in total. The minimum absolute atomic E-state index is 0.733. The van der Waals surface area contributed by atoms with Gasteiger partial charge >= 0.3 is 0 Å². The summed E-state index contributed by atoms with van der Waals surface area (Å²) in [5.41, 5.74) is 2.96. The van der Waals surface area contributed by atoms with Gasteiger partial charge in [0.1, 0.15) is 0 Å². The fourth-order valence-corrected chi connectivity index (χ4v) is 2.34. The van der Waals surface area contributed by atoms with Crippen LogP contribution in [0.5, 0.6) is 0 Å². The standard InChI is InChI=1S/C14H20N2O2/c1-2-18-11-10-16-9-5-7-13(15-17)12-6-3-4-8-14(12)16/h3-4,6,8,17H,2,5,7,9-11H2,1H3/b15-13-. The highest BCUT2D eigenvalue weighted by Crippen LogP contribution is 2.26. The Hall–Kier alpha value is -1.55. The smallest absolute Gasteiger partial charge is 0.0889 e. The van der Waals surface area contributed by atoms with Gasteiger partial charge in [0.05, 0.1) is 12.3 Å². The molecule has 98 valence electrons. The Morgan fingerprint density at radius 1 is 1.39 bits per heavy atom. The molecule has 0 atom stereocenters. The summed E-state index contributed by atoms with van der Waals surface area (Å²) in [6.07, 6.45) is 1.82. The van der Waals surface area contributed by atoms with Gasteiger partial charge in [0.2, 0.25) is 0 Å². The van der Waals surface area contributed by atoms with Crippen LogP contribution in [-0.2, 0) is 4.74 Å². The van der Waals surface area contributed by atoms with Crippen molar-refractivity contribution in [3.05, 3.63) is 29.8 Å². The SMILES string of the molecule is CCOCCN1CCC/C(=N/O)c2ccccc21. The maximum atomic E-state index is 9.11. The number of ether oxygens (including phenoxy) is 1. The Morgan fingerprint density at radius 2 is 2.22 bits per heavy atom. The van der Waals surface area contributed by atoms with Crippen LogP contribution < -0.4 is 4.90 Å². The molecule has 0 bridgehead atoms. The van der Waals surface area contributed by atoms with Gasteiger partial charge in [-0.05, 0) is 25.8 Å². The van der Waals surface area contributed by atoms with Gasteiger partial charge in [-0.15, -0.1) is 0 Å². The van der Waals surface area contributed by atoms with E-state index in [1.165, 1.54) is 0 Å². The predicted octanol–water partition coefficient (Wildman–Crippen LogP) is 2.50. The van der Waals surface area contributed by atoms with Crippen molar-refractivity contribution in [3.63, 3.8) is 0 Å². The maximum Gasteiger partial charge on any atom is 0.0889 e. The number of rotatable bonds is 4. The van der Waals surface area contributed by atoms with Crippen molar-refractivity contribution >= 4 is 11.4 Å². The predicted molar refractivity (Wildman–Crippen MR) is 72.7 cm³/mol. The van der Waals surface area contributed by atoms with Gasteiger partial charge in [-0.2, -0.15) is 0 Å². The van der Waals surface area contributed by atoms with E-state index in [2.05, 4.69) is 16.1 Å². The Kier molecular flexibility index (Phi) is 4.59. The summed E-state index contributed by atoms with van der Waals surface area (Å²) in [5, 5.41) is 12.5. The van der Waals surface area contributed by atoms with Crippen molar-refractivity contribution in [3.8, 4) is 0 Å². The first-order valence-electron chi connectivity index (χ1n) is 6.50. The molecule has 0 aliphatic carbocycles. The van der Waals surface area contributed by atoms with E-state index in [4.69, 9.17) is 9.94 Å². The molecule has 0 spiro atoms. The highest BCUT2D eigenvalue weighted by atomic mass is 16.5. The molecule has 0 radical (unpaired) electrons. The zero-order valence-corrected chi connectivity index (χ0v) is 10.8. The molecular formula is C14H20N2O2. The lowest BCUT2D eigenvalue weighted by atomic mass is 10.1. The molecule has 1 heterocycles. The molecule has 18 heavy (non-hydrogen) atoms. The molecule has 4 heteroatoms. The Balaban J connectivity index is 2.22. The monoisotopic (exact) mass is 248 g/mol. The molecule has 1 aliphatic heterocycles. The number of fused-ring (bicyclic) bond motifs is 1. The molecule has 0 fully saturated rings. The summed E-state index contributed by atoms with van der Waals surface area (Å²) in [6.45, 7) is 5.34. The average Bonchev–Trinajstić information content (AvgIpc) is 2.59. The van der Waals surface area contributed by atoms with E-state index in [1.54, 1.807) is 0 Å². The third-order valence-electron chi connectivity index (χ3n) is 3.23. The number of anilines is 1. The quantitative estimate of drug-likeness (QED) is 0.506. The van der Waals surface area contributed by atoms with Gasteiger partial charge in [0.15, 0.2) is 0 Å². The van der Waals surface area contributed by atoms with Crippen LogP contribution in [0, 0.1) is 0 Å². The molecule has 2 rings (SSSR count). The molecule has 1 aliphatic rings. The molecule has 0 saturated carbocycles. The number of hydrogen-bond donors (Lipinski definition) is 1. The van der Waals surface area contributed by atoms with E-state index in [9.17, 15) is 0 Å². The molecule has 0 amide bonds. The number of benzene rings is 1. The van der Waals surface area contributed by atoms with E-state index in [0.717, 1.165) is 56.1 Å². The average molecular weight is 248 g/mol. The summed E-state index contributed by atoms with van der Waals surface area (Å²) < 4.78 is 5.42. The van der Waals surface area contributed by atoms with E-state index in [-0.39, 0.29) is 0 Å². The second kappa shape index (κ2) is 6.40. The minimum atomic E-state index is 0.733. The lowest BCUT2D eigenvalue weighted by molar-refractivity contribution is 0.154. The van der Waals surface area contributed by atoms with E-state index in [1.807, 2.05) is 25.1 Å². The molecule has 4 nitrogen and oxygen atoms in total. The van der Waals surface area contributed by atoms with Crippen LogP contribution in [0.25, 0.3) is 0 Å². The number of oxime groups is 1. The second-order valence-electron chi connectivity index (χ2n) is 4.35. The van der Waals surface area contributed by atoms with Crippen molar-refractivity contribution in [2.24, 2.45) is 5.16 Å². The minimum Gasteiger partial charge on any atom is -0.411 e. The van der Waals surface area contributed by atoms with Gasteiger partial charge in [0, 0.05) is 30.9 Å². The van der Waals surface area contributed by atoms with Crippen LogP contribution in [0.2, 0.25) is 0 Å². The summed E-state index contributed by atoms with van der Waals surface area (Å²) in [7, 11) is 0. The summed E-state index contributed by atoms with van der Waals surface area (Å²) >= 11 is 0. The van der Waals surface area contributed by atoms with Gasteiger partial charge < -0.3 is 14.8 Å². The lowest BCUT2D eigenvalue weighted by Crippen LogP contribution is -2.28. The van der Waals surface area contributed by atoms with Crippen LogP contribution in [0.1, 0.15) is 25.3 Å². The first-order valence-corrected chi connectivity index (χ1v) is 6.50. The summed E-state index contributed by atoms with van der Waals surface area (Å²) in [5.74, 6) is 0. The number of hydrogen-bond acceptors (Lipinski definition) is 4. The Bertz CT molecular complexity index is 418. The zero-order chi connectivity index (χ0) is 12.8. The largest absolute Gasteiger partial charge is 0.411 e. The van der Waals surface area contributed by atoms with Crippen molar-refractivity contribution < 1.29 is 9.94 Å². The summed E-state index contributed by atoms with van der Waals surface area (Å²) in [4.78, 5) is 2.31. The molecule has 0 aromatic heterocycles. The first kappa shape index (κ1) is 12.9. The van der Waals surface area contributed by atoms with Gasteiger partial charge in [-0.25, -0.2) is 0 Å². The van der Waals surface area contributed by atoms with Crippen LogP contribution >= 0.6 is 0 Å². The van der Waals surface area contributed by atoms with Crippen molar-refractivity contribution in [1.29, 1.82) is 0 Å². The molecule has 1 aromatic rings. The van der Waals surface area contributed by atoms with Crippen LogP contribution in [0.4, 0.5) is 5.69 Å². The van der Waals surface area contributed by atoms with Crippen LogP contribution in [0.3, 0.4) is 0 Å². The molecular weight excluding hydrogens is 228 g/mol. The topological polar surface area (TPSA) is 45.1 Å². The summed E-state index contributed by atoms with van der Waals surface area (Å²) in [6, 6.07) is 8.10. The maximum absolute atomic E-state index is 9.11. The normalized spacial score (nSPS) is 17.6. The highest BCUT2D eigenvalue weighted by molar-refractivity contribution is 6.05. The third kappa shape index (κ3) is 2.82. The highest BCUT2D eigenvalue weighted by Gasteiger charge is 2.19. The van der Waals surface area contributed by atoms with Gasteiger partial charge in [0.25, 0.3) is 0 Å². The zero-order valence-electron chi connectivity index (χ0n) is 10.8. The number of para-hydroxylation sites is 1. The van der Waals surface area contributed by atoms with Gasteiger partial charge in [-0.1, -0.05) is 23.4 Å². The molecule has 0 unspecified atom stereocenters. The van der Waals surface area contributed by atoms with E-state index >= 15 is 0 Å². The van der Waals surface area contributed by atoms with Crippen LogP contribution in [0.15, 0.2) is 29.4 Å². The fourth-order valence-electron chi connectivity index (χ4n) is 2.34. The van der Waals surface area contributed by atoms with Crippen molar-refractivity contribution in [2.75, 3.05) is 31.2 Å². The third-order valence-corrected chi connectivity index (χ3v) is 3.23. The fraction of sp³-hybridized carbons (Fsp3) is 0.500. The first-order chi connectivity index (χ1) is 8.86. The van der Waals surface area contributed by atoms with Crippen LogP contribution in [-0.4, -0.2) is 37.2 Å². The number of nitrogens with zero attached hydrogens (tertiary/aromatic N) is 2. The molecule has 0 saturated heterocycles. The Morgan fingerprint density at radius 3 is 3.00 bits per heavy atom. The lowest BCUT2D eigenvalue weighted by Gasteiger charge is -2.24. The van der Waals surface area contributed by atoms with E-state index in [0.29, 0.717) is 0 Å². The molecule has 1 aromatic carbocycles. The van der Waals surface area contributed by atoms with E-state index < -0.39 is 0 Å². The van der Waals surface area contributed by atoms with Gasteiger partial charge in [-0.3, -0.25) is 0 Å². The van der Waals surface area contributed by atoms with Crippen molar-refractivity contribution in [2.45, 2.75) is 19.8 Å². The Labute approximate surface area is 108 Å². The van der Waals surface area contributed by atoms with Crippen molar-refractivity contribution in [1.82, 2.24) is 0 Å². The second-order valence-corrected chi connectivity index (χ2v) is 4.35.